The molecule has 0 unspecified atom stereocenters. The Bertz CT molecular complexity index is 871. The molecule has 0 amide bonds. The van der Waals surface area contributed by atoms with Crippen LogP contribution in [0.1, 0.15) is 11.3 Å². The molecular formula is C16H16N4S. The Morgan fingerprint density at radius 2 is 2.19 bits per heavy atom. The maximum Gasteiger partial charge on any atom is 0.193 e. The molecule has 21 heavy (non-hydrogen) atoms. The summed E-state index contributed by atoms with van der Waals surface area (Å²) < 4.78 is 4.35. The van der Waals surface area contributed by atoms with Crippen molar-refractivity contribution < 1.29 is 0 Å². The number of imidazole rings is 1. The van der Waals surface area contributed by atoms with Crippen molar-refractivity contribution in [3.8, 4) is 0 Å². The van der Waals surface area contributed by atoms with Crippen LogP contribution in [0, 0.1) is 0 Å². The lowest BCUT2D eigenvalue weighted by Gasteiger charge is -2.05. The Kier molecular flexibility index (Phi) is 3.02. The summed E-state index contributed by atoms with van der Waals surface area (Å²) in [5.74, 6) is 0. The van der Waals surface area contributed by atoms with E-state index in [9.17, 15) is 0 Å². The van der Waals surface area contributed by atoms with Gasteiger partial charge in [0.1, 0.15) is 0 Å². The van der Waals surface area contributed by atoms with Crippen LogP contribution in [0.5, 0.6) is 0 Å². The molecule has 0 atom stereocenters. The summed E-state index contributed by atoms with van der Waals surface area (Å²) in [4.78, 5) is 5.71. The second-order valence-electron chi connectivity index (χ2n) is 5.19. The number of benzene rings is 1. The number of thiazole rings is 1. The molecule has 1 N–H and O–H groups in total. The van der Waals surface area contributed by atoms with Gasteiger partial charge in [-0.3, -0.25) is 4.40 Å². The van der Waals surface area contributed by atoms with Gasteiger partial charge in [0.05, 0.1) is 12.2 Å². The van der Waals surface area contributed by atoms with Gasteiger partial charge in [0.25, 0.3) is 0 Å². The molecular weight excluding hydrogens is 280 g/mol. The second kappa shape index (κ2) is 5.02. The minimum atomic E-state index is 0.806. The van der Waals surface area contributed by atoms with Gasteiger partial charge >= 0.3 is 0 Å². The molecule has 4 nitrogen and oxygen atoms in total. The molecule has 5 heteroatoms. The van der Waals surface area contributed by atoms with Crippen LogP contribution in [0.15, 0.2) is 48.2 Å². The van der Waals surface area contributed by atoms with E-state index in [2.05, 4.69) is 67.5 Å². The lowest BCUT2D eigenvalue weighted by atomic mass is 10.1. The molecule has 0 saturated heterocycles. The predicted octanol–water partition coefficient (Wildman–Crippen LogP) is 3.12. The Morgan fingerprint density at radius 1 is 1.24 bits per heavy atom. The van der Waals surface area contributed by atoms with E-state index >= 15 is 0 Å². The molecule has 0 fully saturated rings. The number of rotatable bonds is 4. The van der Waals surface area contributed by atoms with Gasteiger partial charge in [-0.25, -0.2) is 4.98 Å². The van der Waals surface area contributed by atoms with Gasteiger partial charge in [0.2, 0.25) is 0 Å². The van der Waals surface area contributed by atoms with E-state index in [1.54, 1.807) is 11.3 Å². The van der Waals surface area contributed by atoms with Crippen LogP contribution in [-0.2, 0) is 13.1 Å². The number of nitrogens with zero attached hydrogens (tertiary/aromatic N) is 3. The third-order valence-electron chi connectivity index (χ3n) is 3.69. The summed E-state index contributed by atoms with van der Waals surface area (Å²) in [5.41, 5.74) is 3.66. The second-order valence-corrected chi connectivity index (χ2v) is 6.07. The van der Waals surface area contributed by atoms with Gasteiger partial charge in [-0.05, 0) is 30.1 Å². The summed E-state index contributed by atoms with van der Waals surface area (Å²) in [6.07, 6.45) is 6.30. The lowest BCUT2D eigenvalue weighted by Crippen LogP contribution is -2.05. The molecule has 3 heterocycles. The van der Waals surface area contributed by atoms with Crippen molar-refractivity contribution in [1.82, 2.24) is 19.3 Å². The van der Waals surface area contributed by atoms with E-state index in [-0.39, 0.29) is 0 Å². The summed E-state index contributed by atoms with van der Waals surface area (Å²) in [6.45, 7) is 1.70. The Morgan fingerprint density at radius 3 is 3.05 bits per heavy atom. The van der Waals surface area contributed by atoms with Crippen molar-refractivity contribution in [2.45, 2.75) is 13.1 Å². The first kappa shape index (κ1) is 12.6. The van der Waals surface area contributed by atoms with Crippen molar-refractivity contribution in [1.29, 1.82) is 0 Å². The molecule has 3 aromatic heterocycles. The topological polar surface area (TPSA) is 34.3 Å². The third-order valence-corrected chi connectivity index (χ3v) is 4.47. The van der Waals surface area contributed by atoms with Crippen LogP contribution in [0.25, 0.3) is 15.9 Å². The van der Waals surface area contributed by atoms with Crippen LogP contribution in [0.3, 0.4) is 0 Å². The zero-order chi connectivity index (χ0) is 14.2. The first-order valence-corrected chi connectivity index (χ1v) is 7.85. The fourth-order valence-corrected chi connectivity index (χ4v) is 3.43. The molecule has 0 spiro atoms. The van der Waals surface area contributed by atoms with E-state index in [0.717, 1.165) is 23.7 Å². The summed E-state index contributed by atoms with van der Waals surface area (Å²) in [6, 6.07) is 8.78. The fourth-order valence-electron chi connectivity index (χ4n) is 2.71. The van der Waals surface area contributed by atoms with E-state index in [4.69, 9.17) is 0 Å². The van der Waals surface area contributed by atoms with Crippen molar-refractivity contribution >= 4 is 27.2 Å². The van der Waals surface area contributed by atoms with Crippen molar-refractivity contribution in [2.24, 2.45) is 0 Å². The van der Waals surface area contributed by atoms with Crippen LogP contribution in [0.4, 0.5) is 0 Å². The first-order chi connectivity index (χ1) is 10.3. The van der Waals surface area contributed by atoms with E-state index in [0.29, 0.717) is 0 Å². The zero-order valence-corrected chi connectivity index (χ0v) is 12.6. The predicted molar refractivity (Wildman–Crippen MR) is 86.9 cm³/mol. The maximum absolute atomic E-state index is 4.66. The fraction of sp³-hybridized carbons (Fsp3) is 0.188. The van der Waals surface area contributed by atoms with Gasteiger partial charge in [0.15, 0.2) is 4.96 Å². The van der Waals surface area contributed by atoms with Gasteiger partial charge in [-0.15, -0.1) is 11.3 Å². The Balaban J connectivity index is 1.71. The average molecular weight is 296 g/mol. The van der Waals surface area contributed by atoms with Crippen molar-refractivity contribution in [3.63, 3.8) is 0 Å². The largest absolute Gasteiger partial charge is 0.341 e. The minimum Gasteiger partial charge on any atom is -0.341 e. The van der Waals surface area contributed by atoms with Crippen LogP contribution in [0.2, 0.25) is 0 Å². The molecule has 4 rings (SSSR count). The highest BCUT2D eigenvalue weighted by atomic mass is 32.1. The zero-order valence-electron chi connectivity index (χ0n) is 11.8. The number of hydrogen-bond acceptors (Lipinski definition) is 3. The molecule has 0 aliphatic heterocycles. The molecule has 0 radical (unpaired) electrons. The standard InChI is InChI=1S/C16H16N4S/c1-17-9-12-2-3-13-4-5-19(15(13)8-12)10-14-11-20-6-7-21-16(20)18-14/h2-8,11,17H,9-10H2,1H3. The lowest BCUT2D eigenvalue weighted by molar-refractivity contribution is 0.804. The van der Waals surface area contributed by atoms with Gasteiger partial charge in [-0.1, -0.05) is 12.1 Å². The molecule has 1 aromatic carbocycles. The normalized spacial score (nSPS) is 11.7. The van der Waals surface area contributed by atoms with Crippen molar-refractivity contribution in [2.75, 3.05) is 7.05 Å². The molecule has 0 saturated carbocycles. The molecule has 0 aliphatic carbocycles. The first-order valence-electron chi connectivity index (χ1n) is 6.97. The van der Waals surface area contributed by atoms with Crippen LogP contribution >= 0.6 is 11.3 Å². The Labute approximate surface area is 126 Å². The summed E-state index contributed by atoms with van der Waals surface area (Å²) >= 11 is 1.67. The van der Waals surface area contributed by atoms with Gasteiger partial charge in [0, 0.05) is 36.0 Å². The highest BCUT2D eigenvalue weighted by Gasteiger charge is 2.06. The van der Waals surface area contributed by atoms with Crippen LogP contribution < -0.4 is 5.32 Å². The highest BCUT2D eigenvalue weighted by Crippen LogP contribution is 2.20. The summed E-state index contributed by atoms with van der Waals surface area (Å²) in [5, 5.41) is 6.53. The number of fused-ring (bicyclic) bond motifs is 2. The van der Waals surface area contributed by atoms with E-state index in [1.165, 1.54) is 16.5 Å². The highest BCUT2D eigenvalue weighted by molar-refractivity contribution is 7.15. The van der Waals surface area contributed by atoms with Crippen LogP contribution in [-0.4, -0.2) is 21.0 Å². The maximum atomic E-state index is 4.66. The van der Waals surface area contributed by atoms with Crippen molar-refractivity contribution in [3.05, 3.63) is 59.5 Å². The van der Waals surface area contributed by atoms with Gasteiger partial charge < -0.3 is 9.88 Å². The smallest absolute Gasteiger partial charge is 0.193 e. The summed E-state index contributed by atoms with van der Waals surface area (Å²) in [7, 11) is 1.97. The SMILES string of the molecule is CNCc1ccc2ccn(Cc3cn4ccsc4n3)c2c1. The average Bonchev–Trinajstić information content (AvgIpc) is 3.15. The number of hydrogen-bond donors (Lipinski definition) is 1. The minimum absolute atomic E-state index is 0.806. The molecule has 0 bridgehead atoms. The molecule has 4 aromatic rings. The Hall–Kier alpha value is -2.11. The van der Waals surface area contributed by atoms with E-state index in [1.807, 2.05) is 7.05 Å². The molecule has 106 valence electrons. The number of nitrogens with one attached hydrogen (secondary N) is 1. The monoisotopic (exact) mass is 296 g/mol. The van der Waals surface area contributed by atoms with E-state index < -0.39 is 0 Å². The quantitative estimate of drug-likeness (QED) is 0.628. The molecule has 0 aliphatic rings. The third kappa shape index (κ3) is 2.24. The van der Waals surface area contributed by atoms with Gasteiger partial charge in [-0.2, -0.15) is 0 Å². The number of aromatic nitrogens is 3.